The normalized spacial score (nSPS) is 17.9. The Morgan fingerprint density at radius 2 is 1.55 bits per heavy atom. The number of hydrogen-bond acceptors (Lipinski definition) is 1. The summed E-state index contributed by atoms with van der Waals surface area (Å²) in [6.07, 6.45) is -0.589. The Balaban J connectivity index is 1.46. The van der Waals surface area contributed by atoms with Crippen LogP contribution in [-0.2, 0) is 11.8 Å². The van der Waals surface area contributed by atoms with Crippen molar-refractivity contribution in [2.45, 2.75) is 32.0 Å². The van der Waals surface area contributed by atoms with Crippen LogP contribution < -0.4 is 4.90 Å². The molecule has 0 N–H and O–H groups in total. The molecule has 0 saturated carbocycles. The highest BCUT2D eigenvalue weighted by molar-refractivity contribution is 6.14. The summed E-state index contributed by atoms with van der Waals surface area (Å²) in [5.74, 6) is 0. The van der Waals surface area contributed by atoms with E-state index in [2.05, 4.69) is 80.6 Å². The summed E-state index contributed by atoms with van der Waals surface area (Å²) in [5.41, 5.74) is 8.04. The van der Waals surface area contributed by atoms with Gasteiger partial charge >= 0.3 is 0 Å². The molecule has 5 aromatic rings. The van der Waals surface area contributed by atoms with Crippen LogP contribution in [0.4, 0.5) is 15.8 Å². The molecule has 1 aliphatic carbocycles. The van der Waals surface area contributed by atoms with E-state index in [0.717, 1.165) is 16.9 Å². The van der Waals surface area contributed by atoms with Crippen LogP contribution in [-0.4, -0.2) is 6.30 Å². The molecule has 33 heavy (non-hydrogen) atoms. The Morgan fingerprint density at radius 3 is 2.45 bits per heavy atom. The third-order valence-corrected chi connectivity index (χ3v) is 7.74. The average molecular weight is 430 g/mol. The van der Waals surface area contributed by atoms with Gasteiger partial charge in [0.25, 0.3) is 0 Å². The number of para-hydroxylation sites is 1. The van der Waals surface area contributed by atoms with Gasteiger partial charge < -0.3 is 4.90 Å². The Kier molecular flexibility index (Phi) is 3.69. The summed E-state index contributed by atoms with van der Waals surface area (Å²) in [4.78, 5) is 1.86. The first-order chi connectivity index (χ1) is 16.0. The van der Waals surface area contributed by atoms with Crippen LogP contribution in [0, 0.1) is 0 Å². The molecule has 0 bridgehead atoms. The van der Waals surface area contributed by atoms with Crippen molar-refractivity contribution in [3.8, 4) is 11.1 Å². The molecule has 0 fully saturated rings. The first-order valence-electron chi connectivity index (χ1n) is 11.6. The minimum atomic E-state index is -1.03. The molecule has 0 aromatic heterocycles. The van der Waals surface area contributed by atoms with Gasteiger partial charge in [-0.3, -0.25) is 0 Å². The molecule has 1 heterocycles. The summed E-state index contributed by atoms with van der Waals surface area (Å²) < 4.78 is 15.2. The van der Waals surface area contributed by atoms with E-state index in [1.54, 1.807) is 0 Å². The monoisotopic (exact) mass is 429 g/mol. The second kappa shape index (κ2) is 6.45. The van der Waals surface area contributed by atoms with Gasteiger partial charge in [-0.05, 0) is 67.6 Å². The molecule has 1 nitrogen and oxygen atoms in total. The van der Waals surface area contributed by atoms with E-state index in [1.165, 1.54) is 43.8 Å². The molecule has 1 aliphatic heterocycles. The first kappa shape index (κ1) is 18.9. The standard InChI is InChI=1S/C31H24FN/c1-31(2)26-16-15-23-22-9-5-3-7-19(22)11-13-24(23)30(26)25-14-12-21(18-27(25)31)33-28-10-6-4-8-20(28)17-29(33)32/h3-16,18,29H,17H2,1-2H3. The van der Waals surface area contributed by atoms with Gasteiger partial charge in [-0.2, -0.15) is 0 Å². The van der Waals surface area contributed by atoms with E-state index in [4.69, 9.17) is 0 Å². The number of hydrogen-bond donors (Lipinski definition) is 0. The summed E-state index contributed by atoms with van der Waals surface area (Å²) >= 11 is 0. The smallest absolute Gasteiger partial charge is 0.180 e. The lowest BCUT2D eigenvalue weighted by Crippen LogP contribution is -2.23. The van der Waals surface area contributed by atoms with Crippen LogP contribution in [0.3, 0.4) is 0 Å². The fraction of sp³-hybridized carbons (Fsp3) is 0.161. The predicted octanol–water partition coefficient (Wildman–Crippen LogP) is 8.29. The molecule has 0 spiro atoms. The van der Waals surface area contributed by atoms with Crippen molar-refractivity contribution >= 4 is 32.9 Å². The molecule has 2 aliphatic rings. The fourth-order valence-electron chi connectivity index (χ4n) is 6.10. The van der Waals surface area contributed by atoms with E-state index >= 15 is 4.39 Å². The molecule has 1 atom stereocenters. The van der Waals surface area contributed by atoms with Crippen molar-refractivity contribution in [3.63, 3.8) is 0 Å². The van der Waals surface area contributed by atoms with Gasteiger partial charge in [-0.15, -0.1) is 0 Å². The maximum atomic E-state index is 15.2. The van der Waals surface area contributed by atoms with Crippen molar-refractivity contribution < 1.29 is 4.39 Å². The summed E-state index contributed by atoms with van der Waals surface area (Å²) in [6, 6.07) is 32.2. The Hall–Kier alpha value is -3.65. The van der Waals surface area contributed by atoms with E-state index in [0.29, 0.717) is 6.42 Å². The maximum Gasteiger partial charge on any atom is 0.180 e. The molecule has 5 aromatic carbocycles. The van der Waals surface area contributed by atoms with Crippen molar-refractivity contribution in [3.05, 3.63) is 108 Å². The highest BCUT2D eigenvalue weighted by atomic mass is 19.1. The number of fused-ring (bicyclic) bond motifs is 8. The zero-order chi connectivity index (χ0) is 22.3. The third-order valence-electron chi connectivity index (χ3n) is 7.74. The highest BCUT2D eigenvalue weighted by Gasteiger charge is 2.38. The van der Waals surface area contributed by atoms with Crippen LogP contribution in [0.25, 0.3) is 32.7 Å². The number of rotatable bonds is 1. The molecule has 160 valence electrons. The number of nitrogens with zero attached hydrogens (tertiary/aromatic N) is 1. The molecule has 7 rings (SSSR count). The van der Waals surface area contributed by atoms with Gasteiger partial charge in [0.15, 0.2) is 6.30 Å². The van der Waals surface area contributed by atoms with Gasteiger partial charge in [0.1, 0.15) is 0 Å². The average Bonchev–Trinajstić information content (AvgIpc) is 3.29. The molecule has 2 heteroatoms. The second-order valence-corrected chi connectivity index (χ2v) is 9.86. The first-order valence-corrected chi connectivity index (χ1v) is 11.6. The van der Waals surface area contributed by atoms with E-state index in [9.17, 15) is 0 Å². The molecule has 0 saturated heterocycles. The van der Waals surface area contributed by atoms with Crippen molar-refractivity contribution in [1.29, 1.82) is 0 Å². The lowest BCUT2D eigenvalue weighted by atomic mass is 9.81. The second-order valence-electron chi connectivity index (χ2n) is 9.86. The third kappa shape index (κ3) is 2.47. The zero-order valence-electron chi connectivity index (χ0n) is 18.8. The molecule has 0 radical (unpaired) electrons. The molecule has 0 amide bonds. The van der Waals surface area contributed by atoms with Crippen LogP contribution in [0.2, 0.25) is 0 Å². The van der Waals surface area contributed by atoms with E-state index < -0.39 is 6.30 Å². The quantitative estimate of drug-likeness (QED) is 0.191. The highest BCUT2D eigenvalue weighted by Crippen LogP contribution is 2.53. The van der Waals surface area contributed by atoms with Gasteiger partial charge in [0.2, 0.25) is 0 Å². The van der Waals surface area contributed by atoms with Crippen LogP contribution in [0.5, 0.6) is 0 Å². The van der Waals surface area contributed by atoms with Gasteiger partial charge in [-0.1, -0.05) is 86.6 Å². The van der Waals surface area contributed by atoms with Gasteiger partial charge in [0, 0.05) is 23.2 Å². The predicted molar refractivity (Wildman–Crippen MR) is 136 cm³/mol. The molecular weight excluding hydrogens is 405 g/mol. The minimum Gasteiger partial charge on any atom is -0.310 e. The number of alkyl halides is 1. The number of benzene rings is 5. The van der Waals surface area contributed by atoms with E-state index in [1.807, 2.05) is 29.2 Å². The Morgan fingerprint density at radius 1 is 0.758 bits per heavy atom. The van der Waals surface area contributed by atoms with Crippen LogP contribution >= 0.6 is 0 Å². The molecule has 1 unspecified atom stereocenters. The van der Waals surface area contributed by atoms with Crippen LogP contribution in [0.15, 0.2) is 91.0 Å². The summed E-state index contributed by atoms with van der Waals surface area (Å²) in [6.45, 7) is 4.58. The van der Waals surface area contributed by atoms with Crippen molar-refractivity contribution in [1.82, 2.24) is 0 Å². The lowest BCUT2D eigenvalue weighted by Gasteiger charge is -2.26. The minimum absolute atomic E-state index is 0.147. The van der Waals surface area contributed by atoms with Crippen LogP contribution in [0.1, 0.15) is 30.5 Å². The maximum absolute atomic E-state index is 15.2. The number of halogens is 1. The lowest BCUT2D eigenvalue weighted by molar-refractivity contribution is 0.353. The van der Waals surface area contributed by atoms with E-state index in [-0.39, 0.29) is 5.41 Å². The molecular formula is C31H24FN. The summed E-state index contributed by atoms with van der Waals surface area (Å²) in [7, 11) is 0. The zero-order valence-corrected chi connectivity index (χ0v) is 18.8. The Bertz CT molecular complexity index is 1600. The topological polar surface area (TPSA) is 3.24 Å². The SMILES string of the molecule is CC1(C)c2cc(N3c4ccccc4CC3F)ccc2-c2c1ccc1c2ccc2ccccc21. The largest absolute Gasteiger partial charge is 0.310 e. The van der Waals surface area contributed by atoms with Crippen molar-refractivity contribution in [2.24, 2.45) is 0 Å². The summed E-state index contributed by atoms with van der Waals surface area (Å²) in [5, 5.41) is 5.13. The van der Waals surface area contributed by atoms with Gasteiger partial charge in [-0.25, -0.2) is 4.39 Å². The fourth-order valence-corrected chi connectivity index (χ4v) is 6.10. The van der Waals surface area contributed by atoms with Gasteiger partial charge in [0.05, 0.1) is 0 Å². The number of anilines is 2. The van der Waals surface area contributed by atoms with Crippen molar-refractivity contribution in [2.75, 3.05) is 4.90 Å². The Labute approximate surface area is 193 Å².